The van der Waals surface area contributed by atoms with Gasteiger partial charge in [-0.3, -0.25) is 29.2 Å². The maximum atomic E-state index is 14.5. The van der Waals surface area contributed by atoms with Crippen molar-refractivity contribution in [3.63, 3.8) is 0 Å². The predicted octanol–water partition coefficient (Wildman–Crippen LogP) is 5.06. The van der Waals surface area contributed by atoms with E-state index in [1.54, 1.807) is 30.3 Å². The second-order valence-corrected chi connectivity index (χ2v) is 10.0. The zero-order valence-electron chi connectivity index (χ0n) is 20.6. The number of amides is 3. The number of nitrogens with one attached hydrogen (secondary N) is 1. The molecule has 1 saturated carbocycles. The summed E-state index contributed by atoms with van der Waals surface area (Å²) in [5, 5.41) is 2.75. The van der Waals surface area contributed by atoms with Crippen molar-refractivity contribution in [2.45, 2.75) is 49.7 Å². The van der Waals surface area contributed by atoms with Gasteiger partial charge in [-0.05, 0) is 42.8 Å². The summed E-state index contributed by atoms with van der Waals surface area (Å²) in [7, 11) is 0. The third-order valence-electron chi connectivity index (χ3n) is 6.89. The van der Waals surface area contributed by atoms with Gasteiger partial charge in [-0.2, -0.15) is 0 Å². The van der Waals surface area contributed by atoms with Crippen molar-refractivity contribution in [2.75, 3.05) is 9.80 Å². The summed E-state index contributed by atoms with van der Waals surface area (Å²) >= 11 is 6.48. The lowest BCUT2D eigenvalue weighted by molar-refractivity contribution is -0.133. The number of anilines is 2. The first-order valence-corrected chi connectivity index (χ1v) is 12.8. The molecule has 2 atom stereocenters. The number of aromatic nitrogens is 1. The molecule has 39 heavy (non-hydrogen) atoms. The molecule has 5 rings (SSSR count). The van der Waals surface area contributed by atoms with Crippen LogP contribution in [0.3, 0.4) is 0 Å². The lowest BCUT2D eigenvalue weighted by Gasteiger charge is -2.39. The summed E-state index contributed by atoms with van der Waals surface area (Å²) in [6.07, 6.45) is 2.13. The minimum Gasteiger partial charge on any atom is -0.351 e. The van der Waals surface area contributed by atoms with Gasteiger partial charge in [-0.25, -0.2) is 13.2 Å². The maximum Gasteiger partial charge on any atom is 0.252 e. The van der Waals surface area contributed by atoms with E-state index in [4.69, 9.17) is 11.6 Å². The van der Waals surface area contributed by atoms with Crippen LogP contribution in [-0.2, 0) is 14.4 Å². The van der Waals surface area contributed by atoms with Gasteiger partial charge in [0.2, 0.25) is 11.8 Å². The van der Waals surface area contributed by atoms with Crippen molar-refractivity contribution in [1.29, 1.82) is 0 Å². The molecule has 0 radical (unpaired) electrons. The number of pyridine rings is 1. The zero-order valence-corrected chi connectivity index (χ0v) is 21.3. The van der Waals surface area contributed by atoms with Gasteiger partial charge >= 0.3 is 0 Å². The fourth-order valence-electron chi connectivity index (χ4n) is 5.07. The number of halogens is 4. The molecule has 3 amide bonds. The fraction of sp³-hybridized carbons (Fsp3) is 0.286. The van der Waals surface area contributed by atoms with E-state index < -0.39 is 54.5 Å². The molecule has 1 aliphatic heterocycles. The van der Waals surface area contributed by atoms with Crippen molar-refractivity contribution in [3.05, 3.63) is 89.5 Å². The number of nitrogens with zero attached hydrogens (tertiary/aromatic N) is 3. The van der Waals surface area contributed by atoms with Crippen LogP contribution in [0.4, 0.5) is 24.5 Å². The minimum absolute atomic E-state index is 0.0458. The average Bonchev–Trinajstić information content (AvgIpc) is 3.28. The molecule has 2 aromatic carbocycles. The Kier molecular flexibility index (Phi) is 7.31. The fourth-order valence-corrected chi connectivity index (χ4v) is 5.30. The standard InChI is InChI=1S/C28H24ClF3N4O3/c29-22-9-2-1-8-21(22)25(26(38)34-18-14-28(31,32)15-18)36(19-6-3-5-17(30)13-19)27(39)23-10-11-24(37)35(23)20-7-4-12-33-16-20/h1-9,12-13,16,18,23,25H,10-11,14-15H2,(H,34,38)/t23-,25-/m0/s1. The van der Waals surface area contributed by atoms with Crippen LogP contribution in [0.5, 0.6) is 0 Å². The number of hydrogen-bond donors (Lipinski definition) is 1. The topological polar surface area (TPSA) is 82.6 Å². The lowest BCUT2D eigenvalue weighted by Crippen LogP contribution is -2.56. The van der Waals surface area contributed by atoms with Crippen LogP contribution in [0, 0.1) is 5.82 Å². The molecular weight excluding hydrogens is 533 g/mol. The van der Waals surface area contributed by atoms with Crippen molar-refractivity contribution in [3.8, 4) is 0 Å². The monoisotopic (exact) mass is 556 g/mol. The smallest absolute Gasteiger partial charge is 0.252 e. The molecular formula is C28H24ClF3N4O3. The lowest BCUT2D eigenvalue weighted by atomic mass is 9.87. The highest BCUT2D eigenvalue weighted by atomic mass is 35.5. The minimum atomic E-state index is -2.88. The summed E-state index contributed by atoms with van der Waals surface area (Å²) in [6, 6.07) is 11.5. The van der Waals surface area contributed by atoms with Gasteiger partial charge < -0.3 is 5.32 Å². The first-order valence-electron chi connectivity index (χ1n) is 12.4. The summed E-state index contributed by atoms with van der Waals surface area (Å²) < 4.78 is 41.6. The molecule has 3 aromatic rings. The SMILES string of the molecule is O=C(NC1CC(F)(F)C1)[C@H](c1ccccc1Cl)N(C(=O)[C@@H]1CCC(=O)N1c1cccnc1)c1cccc(F)c1. The van der Waals surface area contributed by atoms with Crippen LogP contribution in [0.15, 0.2) is 73.1 Å². The average molecular weight is 557 g/mol. The first-order chi connectivity index (χ1) is 18.6. The number of alkyl halides is 2. The van der Waals surface area contributed by atoms with E-state index in [1.165, 1.54) is 41.6 Å². The quantitative estimate of drug-likeness (QED) is 0.441. The second kappa shape index (κ2) is 10.7. The number of hydrogen-bond acceptors (Lipinski definition) is 4. The normalized spacial score (nSPS) is 19.3. The molecule has 1 aromatic heterocycles. The molecule has 2 heterocycles. The summed E-state index contributed by atoms with van der Waals surface area (Å²) in [5.41, 5.74) is 0.662. The Morgan fingerprint density at radius 3 is 2.54 bits per heavy atom. The van der Waals surface area contributed by atoms with Gasteiger partial charge in [0.25, 0.3) is 11.8 Å². The van der Waals surface area contributed by atoms with Crippen molar-refractivity contribution in [1.82, 2.24) is 10.3 Å². The molecule has 2 aliphatic rings. The second-order valence-electron chi connectivity index (χ2n) is 9.61. The zero-order chi connectivity index (χ0) is 27.7. The molecule has 202 valence electrons. The van der Waals surface area contributed by atoms with E-state index in [2.05, 4.69) is 10.3 Å². The Bertz CT molecular complexity index is 1400. The van der Waals surface area contributed by atoms with Gasteiger partial charge in [0.1, 0.15) is 17.9 Å². The Labute approximate surface area is 227 Å². The molecule has 0 unspecified atom stereocenters. The predicted molar refractivity (Wildman–Crippen MR) is 139 cm³/mol. The van der Waals surface area contributed by atoms with Gasteiger partial charge in [0, 0.05) is 47.8 Å². The van der Waals surface area contributed by atoms with Crippen LogP contribution in [0.25, 0.3) is 0 Å². The third kappa shape index (κ3) is 5.47. The molecule has 0 spiro atoms. The highest BCUT2D eigenvalue weighted by molar-refractivity contribution is 6.31. The number of benzene rings is 2. The highest BCUT2D eigenvalue weighted by Gasteiger charge is 2.48. The van der Waals surface area contributed by atoms with Crippen molar-refractivity contribution in [2.24, 2.45) is 0 Å². The molecule has 1 aliphatic carbocycles. The number of carbonyl (C=O) groups excluding carboxylic acids is 3. The van der Waals surface area contributed by atoms with Crippen LogP contribution in [-0.4, -0.2) is 40.7 Å². The van der Waals surface area contributed by atoms with E-state index in [0.717, 1.165) is 11.0 Å². The van der Waals surface area contributed by atoms with E-state index in [9.17, 15) is 27.6 Å². The van der Waals surface area contributed by atoms with Gasteiger partial charge in [0.05, 0.1) is 11.9 Å². The van der Waals surface area contributed by atoms with Gasteiger partial charge in [-0.1, -0.05) is 35.9 Å². The molecule has 0 bridgehead atoms. The van der Waals surface area contributed by atoms with Crippen LogP contribution in [0.2, 0.25) is 5.02 Å². The van der Waals surface area contributed by atoms with E-state index in [-0.39, 0.29) is 35.0 Å². The Balaban J connectivity index is 1.60. The Morgan fingerprint density at radius 2 is 1.87 bits per heavy atom. The first kappa shape index (κ1) is 26.7. The van der Waals surface area contributed by atoms with Crippen LogP contribution >= 0.6 is 11.6 Å². The van der Waals surface area contributed by atoms with Gasteiger partial charge in [0.15, 0.2) is 0 Å². The van der Waals surface area contributed by atoms with E-state index in [0.29, 0.717) is 5.69 Å². The number of rotatable bonds is 7. The Hall–Kier alpha value is -3.92. The van der Waals surface area contributed by atoms with Crippen molar-refractivity contribution >= 4 is 40.7 Å². The Morgan fingerprint density at radius 1 is 1.10 bits per heavy atom. The molecule has 1 saturated heterocycles. The highest BCUT2D eigenvalue weighted by Crippen LogP contribution is 2.39. The molecule has 11 heteroatoms. The molecule has 7 nitrogen and oxygen atoms in total. The van der Waals surface area contributed by atoms with Gasteiger partial charge in [-0.15, -0.1) is 0 Å². The van der Waals surface area contributed by atoms with E-state index >= 15 is 0 Å². The summed E-state index contributed by atoms with van der Waals surface area (Å²) in [6.45, 7) is 0. The molecule has 1 N–H and O–H groups in total. The van der Waals surface area contributed by atoms with Crippen LogP contribution in [0.1, 0.15) is 37.3 Å². The largest absolute Gasteiger partial charge is 0.351 e. The maximum absolute atomic E-state index is 14.5. The summed E-state index contributed by atoms with van der Waals surface area (Å²) in [4.78, 5) is 47.4. The third-order valence-corrected chi connectivity index (χ3v) is 7.23. The molecule has 2 fully saturated rings. The van der Waals surface area contributed by atoms with Crippen LogP contribution < -0.4 is 15.1 Å². The van der Waals surface area contributed by atoms with Crippen molar-refractivity contribution < 1.29 is 27.6 Å². The number of carbonyl (C=O) groups is 3. The summed E-state index contributed by atoms with van der Waals surface area (Å²) in [5.74, 6) is -5.26. The van der Waals surface area contributed by atoms with E-state index in [1.807, 2.05) is 0 Å².